The lowest BCUT2D eigenvalue weighted by Crippen LogP contribution is -2.35. The Balaban J connectivity index is 1.92. The number of benzene rings is 2. The van der Waals surface area contributed by atoms with E-state index in [1.807, 2.05) is 31.2 Å². The van der Waals surface area contributed by atoms with E-state index < -0.39 is 28.0 Å². The highest BCUT2D eigenvalue weighted by Gasteiger charge is 2.19. The average molecular weight is 404 g/mol. The molecule has 0 aliphatic carbocycles. The second-order valence-electron chi connectivity index (χ2n) is 6.28. The number of amides is 1. The van der Waals surface area contributed by atoms with Crippen molar-refractivity contribution < 1.29 is 22.7 Å². The lowest BCUT2D eigenvalue weighted by atomic mass is 10.1. The van der Waals surface area contributed by atoms with Gasteiger partial charge in [-0.1, -0.05) is 36.8 Å². The summed E-state index contributed by atoms with van der Waals surface area (Å²) >= 11 is 0. The van der Waals surface area contributed by atoms with E-state index in [1.54, 1.807) is 6.92 Å². The van der Waals surface area contributed by atoms with Gasteiger partial charge in [0.2, 0.25) is 10.0 Å². The van der Waals surface area contributed by atoms with Gasteiger partial charge in [-0.15, -0.1) is 0 Å². The lowest BCUT2D eigenvalue weighted by molar-refractivity contribution is -0.129. The minimum atomic E-state index is -3.59. The molecule has 2 rings (SSSR count). The van der Waals surface area contributed by atoms with Crippen LogP contribution in [-0.4, -0.2) is 32.9 Å². The average Bonchev–Trinajstić information content (AvgIpc) is 2.67. The second-order valence-corrected chi connectivity index (χ2v) is 8.04. The molecule has 2 aromatic rings. The van der Waals surface area contributed by atoms with Gasteiger partial charge < -0.3 is 10.1 Å². The first-order chi connectivity index (χ1) is 13.2. The van der Waals surface area contributed by atoms with Gasteiger partial charge in [0.25, 0.3) is 5.91 Å². The zero-order valence-electron chi connectivity index (χ0n) is 16.1. The van der Waals surface area contributed by atoms with Gasteiger partial charge in [-0.3, -0.25) is 4.79 Å². The van der Waals surface area contributed by atoms with Gasteiger partial charge >= 0.3 is 5.97 Å². The molecule has 150 valence electrons. The Kier molecular flexibility index (Phi) is 7.31. The van der Waals surface area contributed by atoms with E-state index in [1.165, 1.54) is 31.2 Å². The van der Waals surface area contributed by atoms with E-state index in [2.05, 4.69) is 10.0 Å². The number of carbonyl (C=O) groups excluding carboxylic acids is 2. The largest absolute Gasteiger partial charge is 0.449 e. The summed E-state index contributed by atoms with van der Waals surface area (Å²) in [7, 11) is -3.59. The summed E-state index contributed by atoms with van der Waals surface area (Å²) < 4.78 is 31.3. The zero-order valence-corrected chi connectivity index (χ0v) is 16.9. The van der Waals surface area contributed by atoms with E-state index in [0.717, 1.165) is 11.1 Å². The van der Waals surface area contributed by atoms with Crippen LogP contribution in [0.15, 0.2) is 53.4 Å². The predicted octanol–water partition coefficient (Wildman–Crippen LogP) is 2.15. The molecule has 0 aliphatic rings. The third kappa shape index (κ3) is 5.90. The summed E-state index contributed by atoms with van der Waals surface area (Å²) in [6.45, 7) is 5.73. The topological polar surface area (TPSA) is 102 Å². The molecule has 1 atom stereocenters. The molecule has 2 N–H and O–H groups in total. The van der Waals surface area contributed by atoms with Crippen molar-refractivity contribution in [3.8, 4) is 0 Å². The van der Waals surface area contributed by atoms with Crippen molar-refractivity contribution in [1.29, 1.82) is 0 Å². The molecule has 0 radical (unpaired) electrons. The molecule has 0 fully saturated rings. The molecule has 0 bridgehead atoms. The number of nitrogens with one attached hydrogen (secondary N) is 2. The third-order valence-electron chi connectivity index (χ3n) is 3.98. The summed E-state index contributed by atoms with van der Waals surface area (Å²) in [5.74, 6) is -1.12. The standard InChI is InChI=1S/C20H24N2O5S/c1-4-22-28(25,26)18-11-9-17(10-12-18)20(24)27-15(3)19(23)21-13-16-7-5-14(2)6-8-16/h5-12,15,22H,4,13H2,1-3H3,(H,21,23). The summed E-state index contributed by atoms with van der Waals surface area (Å²) in [4.78, 5) is 24.4. The molecule has 0 aliphatic heterocycles. The summed E-state index contributed by atoms with van der Waals surface area (Å²) in [5.41, 5.74) is 2.23. The fourth-order valence-corrected chi connectivity index (χ4v) is 3.41. The maximum atomic E-state index is 12.2. The number of hydrogen-bond acceptors (Lipinski definition) is 5. The van der Waals surface area contributed by atoms with Crippen molar-refractivity contribution >= 4 is 21.9 Å². The van der Waals surface area contributed by atoms with Crippen LogP contribution in [0.5, 0.6) is 0 Å². The van der Waals surface area contributed by atoms with Gasteiger partial charge in [-0.05, 0) is 43.7 Å². The van der Waals surface area contributed by atoms with E-state index in [9.17, 15) is 18.0 Å². The highest BCUT2D eigenvalue weighted by Crippen LogP contribution is 2.12. The van der Waals surface area contributed by atoms with Gasteiger partial charge in [0.15, 0.2) is 6.10 Å². The van der Waals surface area contributed by atoms with Crippen molar-refractivity contribution in [2.75, 3.05) is 6.54 Å². The molecule has 0 heterocycles. The van der Waals surface area contributed by atoms with Gasteiger partial charge in [0.1, 0.15) is 0 Å². The molecule has 0 spiro atoms. The first kappa shape index (κ1) is 21.6. The third-order valence-corrected chi connectivity index (χ3v) is 5.54. The van der Waals surface area contributed by atoms with Crippen molar-refractivity contribution in [3.63, 3.8) is 0 Å². The van der Waals surface area contributed by atoms with Crippen molar-refractivity contribution in [3.05, 3.63) is 65.2 Å². The monoisotopic (exact) mass is 404 g/mol. The van der Waals surface area contributed by atoms with E-state index >= 15 is 0 Å². The van der Waals surface area contributed by atoms with Crippen molar-refractivity contribution in [1.82, 2.24) is 10.0 Å². The Morgan fingerprint density at radius 2 is 1.64 bits per heavy atom. The quantitative estimate of drug-likeness (QED) is 0.657. The molecule has 1 amide bonds. The molecule has 7 nitrogen and oxygen atoms in total. The SMILES string of the molecule is CCNS(=O)(=O)c1ccc(C(=O)OC(C)C(=O)NCc2ccc(C)cc2)cc1. The minimum absolute atomic E-state index is 0.0507. The van der Waals surface area contributed by atoms with Crippen LogP contribution in [0.3, 0.4) is 0 Å². The summed E-state index contributed by atoms with van der Waals surface area (Å²) in [6, 6.07) is 13.1. The number of hydrogen-bond donors (Lipinski definition) is 2. The van der Waals surface area contributed by atoms with Crippen LogP contribution in [-0.2, 0) is 26.1 Å². The Morgan fingerprint density at radius 3 is 2.21 bits per heavy atom. The van der Waals surface area contributed by atoms with Gasteiger partial charge in [-0.25, -0.2) is 17.9 Å². The lowest BCUT2D eigenvalue weighted by Gasteiger charge is -2.14. The van der Waals surface area contributed by atoms with Crippen LogP contribution < -0.4 is 10.0 Å². The smallest absolute Gasteiger partial charge is 0.338 e. The first-order valence-corrected chi connectivity index (χ1v) is 10.3. The molecule has 2 aromatic carbocycles. The maximum Gasteiger partial charge on any atom is 0.338 e. The summed E-state index contributed by atoms with van der Waals surface area (Å²) in [6.07, 6.45) is -0.983. The number of ether oxygens (including phenoxy) is 1. The fourth-order valence-electron chi connectivity index (χ4n) is 2.36. The van der Waals surface area contributed by atoms with Crippen LogP contribution in [0.25, 0.3) is 0 Å². The van der Waals surface area contributed by atoms with E-state index in [0.29, 0.717) is 6.54 Å². The van der Waals surface area contributed by atoms with Crippen LogP contribution in [0.4, 0.5) is 0 Å². The number of rotatable bonds is 8. The second kappa shape index (κ2) is 9.48. The molecular formula is C20H24N2O5S. The van der Waals surface area contributed by atoms with Crippen LogP contribution in [0.1, 0.15) is 35.3 Å². The molecule has 1 unspecified atom stereocenters. The molecule has 0 saturated heterocycles. The molecule has 8 heteroatoms. The molecule has 0 saturated carbocycles. The Labute approximate surface area is 165 Å². The number of carbonyl (C=O) groups is 2. The molecular weight excluding hydrogens is 380 g/mol. The number of sulfonamides is 1. The van der Waals surface area contributed by atoms with Gasteiger partial charge in [0, 0.05) is 13.1 Å². The summed E-state index contributed by atoms with van der Waals surface area (Å²) in [5, 5.41) is 2.71. The molecule has 28 heavy (non-hydrogen) atoms. The Hall–Kier alpha value is -2.71. The zero-order chi connectivity index (χ0) is 20.7. The van der Waals surface area contributed by atoms with Crippen LogP contribution >= 0.6 is 0 Å². The minimum Gasteiger partial charge on any atom is -0.449 e. The van der Waals surface area contributed by atoms with Gasteiger partial charge in [-0.2, -0.15) is 0 Å². The fraction of sp³-hybridized carbons (Fsp3) is 0.300. The van der Waals surface area contributed by atoms with Crippen molar-refractivity contribution in [2.24, 2.45) is 0 Å². The number of esters is 1. The van der Waals surface area contributed by atoms with E-state index in [-0.39, 0.29) is 17.0 Å². The first-order valence-electron chi connectivity index (χ1n) is 8.87. The highest BCUT2D eigenvalue weighted by atomic mass is 32.2. The van der Waals surface area contributed by atoms with Gasteiger partial charge in [0.05, 0.1) is 10.5 Å². The molecule has 0 aromatic heterocycles. The Morgan fingerprint density at radius 1 is 1.04 bits per heavy atom. The normalized spacial score (nSPS) is 12.2. The highest BCUT2D eigenvalue weighted by molar-refractivity contribution is 7.89. The predicted molar refractivity (Wildman–Crippen MR) is 105 cm³/mol. The van der Waals surface area contributed by atoms with E-state index in [4.69, 9.17) is 4.74 Å². The van der Waals surface area contributed by atoms with Crippen LogP contribution in [0.2, 0.25) is 0 Å². The maximum absolute atomic E-state index is 12.2. The van der Waals surface area contributed by atoms with Crippen LogP contribution in [0, 0.1) is 6.92 Å². The van der Waals surface area contributed by atoms with Crippen molar-refractivity contribution in [2.45, 2.75) is 38.3 Å². The number of aryl methyl sites for hydroxylation is 1. The Bertz CT molecular complexity index is 922.